The van der Waals surface area contributed by atoms with Crippen molar-refractivity contribution in [2.45, 2.75) is 51.9 Å². The molecule has 104 valence electrons. The topological polar surface area (TPSA) is 29.9 Å². The Morgan fingerprint density at radius 2 is 2.06 bits per heavy atom. The zero-order valence-electron chi connectivity index (χ0n) is 11.0. The fraction of sp³-hybridized carbons (Fsp3) is 0.750. The molecule has 3 nitrogen and oxygen atoms in total. The number of hydrogen-bond donors (Lipinski definition) is 1. The fourth-order valence-corrected chi connectivity index (χ4v) is 1.61. The lowest BCUT2D eigenvalue weighted by Gasteiger charge is -2.20. The van der Waals surface area contributed by atoms with Crippen LogP contribution >= 0.6 is 0 Å². The van der Waals surface area contributed by atoms with Crippen molar-refractivity contribution >= 4 is 0 Å². The van der Waals surface area contributed by atoms with E-state index in [0.717, 1.165) is 0 Å². The van der Waals surface area contributed by atoms with Crippen LogP contribution in [-0.4, -0.2) is 28.5 Å². The second-order valence-corrected chi connectivity index (χ2v) is 4.63. The molecule has 1 atom stereocenters. The predicted molar refractivity (Wildman–Crippen MR) is 64.5 cm³/mol. The van der Waals surface area contributed by atoms with E-state index in [-0.39, 0.29) is 12.5 Å². The number of hydrogen-bond acceptors (Lipinski definition) is 2. The summed E-state index contributed by atoms with van der Waals surface area (Å²) in [6, 6.07) is 0.284. The average molecular weight is 263 g/mol. The van der Waals surface area contributed by atoms with Gasteiger partial charge in [-0.05, 0) is 32.9 Å². The first-order chi connectivity index (χ1) is 8.34. The summed E-state index contributed by atoms with van der Waals surface area (Å²) in [6.07, 6.45) is -1.97. The van der Waals surface area contributed by atoms with Crippen LogP contribution in [0, 0.1) is 0 Å². The molecule has 0 aliphatic heterocycles. The van der Waals surface area contributed by atoms with Crippen LogP contribution in [0.3, 0.4) is 0 Å². The van der Waals surface area contributed by atoms with Gasteiger partial charge in [-0.25, -0.2) is 0 Å². The van der Waals surface area contributed by atoms with Crippen LogP contribution in [-0.2, 0) is 6.42 Å². The molecule has 6 heteroatoms. The number of rotatable bonds is 6. The van der Waals surface area contributed by atoms with E-state index in [2.05, 4.69) is 10.4 Å². The first-order valence-electron chi connectivity index (χ1n) is 6.18. The maximum Gasteiger partial charge on any atom is 0.404 e. The van der Waals surface area contributed by atoms with Crippen LogP contribution in [0.15, 0.2) is 12.3 Å². The highest BCUT2D eigenvalue weighted by atomic mass is 19.4. The summed E-state index contributed by atoms with van der Waals surface area (Å²) >= 11 is 0. The molecule has 1 heterocycles. The lowest BCUT2D eigenvalue weighted by Crippen LogP contribution is -2.44. The van der Waals surface area contributed by atoms with E-state index in [1.165, 1.54) is 0 Å². The molecule has 0 saturated heterocycles. The van der Waals surface area contributed by atoms with Crippen molar-refractivity contribution in [3.05, 3.63) is 18.0 Å². The molecule has 0 radical (unpaired) electrons. The second-order valence-electron chi connectivity index (χ2n) is 4.63. The monoisotopic (exact) mass is 263 g/mol. The number of halogens is 3. The largest absolute Gasteiger partial charge is 0.404 e. The van der Waals surface area contributed by atoms with E-state index in [9.17, 15) is 13.2 Å². The SMILES string of the molecule is CCCNC(Cc1ccn(C(C)C)n1)C(F)(F)F. The Bertz CT molecular complexity index is 358. The smallest absolute Gasteiger partial charge is 0.306 e. The Balaban J connectivity index is 2.69. The van der Waals surface area contributed by atoms with Gasteiger partial charge in [0.2, 0.25) is 0 Å². The van der Waals surface area contributed by atoms with E-state index in [1.807, 2.05) is 20.8 Å². The van der Waals surface area contributed by atoms with Gasteiger partial charge in [-0.1, -0.05) is 6.92 Å². The molecule has 0 fully saturated rings. The summed E-state index contributed by atoms with van der Waals surface area (Å²) in [4.78, 5) is 0. The fourth-order valence-electron chi connectivity index (χ4n) is 1.61. The highest BCUT2D eigenvalue weighted by molar-refractivity contribution is 5.03. The Morgan fingerprint density at radius 3 is 2.50 bits per heavy atom. The highest BCUT2D eigenvalue weighted by Gasteiger charge is 2.39. The van der Waals surface area contributed by atoms with Crippen molar-refractivity contribution in [2.75, 3.05) is 6.54 Å². The molecule has 1 unspecified atom stereocenters. The van der Waals surface area contributed by atoms with Crippen molar-refractivity contribution in [2.24, 2.45) is 0 Å². The molecule has 0 spiro atoms. The van der Waals surface area contributed by atoms with Crippen molar-refractivity contribution in [1.82, 2.24) is 15.1 Å². The van der Waals surface area contributed by atoms with Gasteiger partial charge >= 0.3 is 6.18 Å². The lowest BCUT2D eigenvalue weighted by molar-refractivity contribution is -0.155. The van der Waals surface area contributed by atoms with Gasteiger partial charge in [0.25, 0.3) is 0 Å². The number of alkyl halides is 3. The Morgan fingerprint density at radius 1 is 1.39 bits per heavy atom. The Hall–Kier alpha value is -1.04. The molecule has 0 amide bonds. The van der Waals surface area contributed by atoms with Crippen LogP contribution < -0.4 is 5.32 Å². The Labute approximate surface area is 105 Å². The number of nitrogens with one attached hydrogen (secondary N) is 1. The van der Waals surface area contributed by atoms with Gasteiger partial charge in [0.05, 0.1) is 5.69 Å². The highest BCUT2D eigenvalue weighted by Crippen LogP contribution is 2.23. The zero-order chi connectivity index (χ0) is 13.8. The van der Waals surface area contributed by atoms with E-state index in [1.54, 1.807) is 16.9 Å². The van der Waals surface area contributed by atoms with E-state index >= 15 is 0 Å². The van der Waals surface area contributed by atoms with Gasteiger partial charge < -0.3 is 5.32 Å². The third kappa shape index (κ3) is 4.33. The summed E-state index contributed by atoms with van der Waals surface area (Å²) in [5, 5.41) is 6.67. The molecule has 0 saturated carbocycles. The molecule has 1 N–H and O–H groups in total. The maximum absolute atomic E-state index is 12.8. The van der Waals surface area contributed by atoms with Crippen LogP contribution in [0.1, 0.15) is 38.9 Å². The third-order valence-corrected chi connectivity index (χ3v) is 2.64. The van der Waals surface area contributed by atoms with Gasteiger partial charge in [0.15, 0.2) is 0 Å². The summed E-state index contributed by atoms with van der Waals surface area (Å²) < 4.78 is 40.1. The molecular weight excluding hydrogens is 243 g/mol. The second kappa shape index (κ2) is 6.22. The van der Waals surface area contributed by atoms with Crippen LogP contribution in [0.5, 0.6) is 0 Å². The molecular formula is C12H20F3N3. The van der Waals surface area contributed by atoms with Crippen molar-refractivity contribution in [3.63, 3.8) is 0 Å². The van der Waals surface area contributed by atoms with Gasteiger partial charge in [-0.15, -0.1) is 0 Å². The minimum absolute atomic E-state index is 0.122. The average Bonchev–Trinajstić information content (AvgIpc) is 2.71. The Kier molecular flexibility index (Phi) is 5.19. The van der Waals surface area contributed by atoms with Gasteiger partial charge in [-0.2, -0.15) is 18.3 Å². The molecule has 0 aromatic carbocycles. The van der Waals surface area contributed by atoms with E-state index in [0.29, 0.717) is 18.7 Å². The van der Waals surface area contributed by atoms with Crippen LogP contribution in [0.2, 0.25) is 0 Å². The number of nitrogens with zero attached hydrogens (tertiary/aromatic N) is 2. The zero-order valence-corrected chi connectivity index (χ0v) is 11.0. The van der Waals surface area contributed by atoms with E-state index < -0.39 is 12.2 Å². The molecule has 0 aliphatic carbocycles. The van der Waals surface area contributed by atoms with Gasteiger partial charge in [0.1, 0.15) is 6.04 Å². The summed E-state index contributed by atoms with van der Waals surface area (Å²) in [6.45, 7) is 6.07. The lowest BCUT2D eigenvalue weighted by atomic mass is 10.1. The quantitative estimate of drug-likeness (QED) is 0.855. The molecule has 0 bridgehead atoms. The van der Waals surface area contributed by atoms with Gasteiger partial charge in [-0.3, -0.25) is 4.68 Å². The molecule has 1 aromatic heterocycles. The molecule has 18 heavy (non-hydrogen) atoms. The van der Waals surface area contributed by atoms with Crippen molar-refractivity contribution < 1.29 is 13.2 Å². The minimum Gasteiger partial charge on any atom is -0.306 e. The van der Waals surface area contributed by atoms with Gasteiger partial charge in [0, 0.05) is 18.7 Å². The first-order valence-corrected chi connectivity index (χ1v) is 6.18. The summed E-state index contributed by atoms with van der Waals surface area (Å²) in [5.41, 5.74) is 0.467. The molecule has 0 aliphatic rings. The minimum atomic E-state index is -4.24. The number of aromatic nitrogens is 2. The maximum atomic E-state index is 12.8. The molecule has 1 rings (SSSR count). The van der Waals surface area contributed by atoms with Crippen LogP contribution in [0.25, 0.3) is 0 Å². The predicted octanol–water partition coefficient (Wildman–Crippen LogP) is 2.94. The molecule has 1 aromatic rings. The summed E-state index contributed by atoms with van der Waals surface area (Å²) in [7, 11) is 0. The summed E-state index contributed by atoms with van der Waals surface area (Å²) in [5.74, 6) is 0. The van der Waals surface area contributed by atoms with Crippen molar-refractivity contribution in [1.29, 1.82) is 0 Å². The van der Waals surface area contributed by atoms with Crippen molar-refractivity contribution in [3.8, 4) is 0 Å². The normalized spacial score (nSPS) is 14.2. The van der Waals surface area contributed by atoms with E-state index in [4.69, 9.17) is 0 Å². The third-order valence-electron chi connectivity index (χ3n) is 2.64. The standard InChI is InChI=1S/C12H20F3N3/c1-4-6-16-11(12(13,14)15)8-10-5-7-18(17-10)9(2)3/h5,7,9,11,16H,4,6,8H2,1-3H3. The first kappa shape index (κ1) is 15.0. The van der Waals surface area contributed by atoms with Crippen LogP contribution in [0.4, 0.5) is 13.2 Å².